The lowest BCUT2D eigenvalue weighted by atomic mass is 10.2. The molecule has 4 nitrogen and oxygen atoms in total. The first kappa shape index (κ1) is 10.4. The minimum Gasteiger partial charge on any atom is -0.508 e. The standard InChI is InChI=1S/C12H13N3O/c1-9-4-11(16)2-3-12(9)15-7-10-5-13-8-14-6-10/h2-6,8,15-16H,7H2,1H3. The zero-order chi connectivity index (χ0) is 11.4. The van der Waals surface area contributed by atoms with Crippen LogP contribution in [0.25, 0.3) is 0 Å². The van der Waals surface area contributed by atoms with Crippen LogP contribution in [0, 0.1) is 6.92 Å². The van der Waals surface area contributed by atoms with Crippen LogP contribution in [0.4, 0.5) is 5.69 Å². The summed E-state index contributed by atoms with van der Waals surface area (Å²) in [5, 5.41) is 12.5. The van der Waals surface area contributed by atoms with E-state index < -0.39 is 0 Å². The minimum atomic E-state index is 0.283. The zero-order valence-electron chi connectivity index (χ0n) is 9.01. The van der Waals surface area contributed by atoms with E-state index in [0.717, 1.165) is 16.8 Å². The third kappa shape index (κ3) is 2.48. The molecule has 0 saturated heterocycles. The van der Waals surface area contributed by atoms with Crippen molar-refractivity contribution in [2.24, 2.45) is 0 Å². The second-order valence-electron chi connectivity index (χ2n) is 3.60. The van der Waals surface area contributed by atoms with Gasteiger partial charge in [-0.15, -0.1) is 0 Å². The number of nitrogens with one attached hydrogen (secondary N) is 1. The lowest BCUT2D eigenvalue weighted by Crippen LogP contribution is -2.01. The lowest BCUT2D eigenvalue weighted by molar-refractivity contribution is 0.475. The average Bonchev–Trinajstić information content (AvgIpc) is 2.29. The quantitative estimate of drug-likeness (QED) is 0.770. The number of phenolic OH excluding ortho intramolecular Hbond substituents is 1. The Morgan fingerprint density at radius 3 is 2.69 bits per heavy atom. The largest absolute Gasteiger partial charge is 0.508 e. The predicted molar refractivity (Wildman–Crippen MR) is 62.2 cm³/mol. The summed E-state index contributed by atoms with van der Waals surface area (Å²) in [7, 11) is 0. The average molecular weight is 215 g/mol. The molecule has 0 radical (unpaired) electrons. The van der Waals surface area contributed by atoms with Crippen molar-refractivity contribution in [3.05, 3.63) is 48.0 Å². The van der Waals surface area contributed by atoms with Crippen molar-refractivity contribution in [2.45, 2.75) is 13.5 Å². The zero-order valence-corrected chi connectivity index (χ0v) is 9.01. The molecular weight excluding hydrogens is 202 g/mol. The number of nitrogens with zero attached hydrogens (tertiary/aromatic N) is 2. The van der Waals surface area contributed by atoms with Crippen LogP contribution in [-0.2, 0) is 6.54 Å². The number of rotatable bonds is 3. The van der Waals surface area contributed by atoms with Gasteiger partial charge in [0.2, 0.25) is 0 Å². The third-order valence-corrected chi connectivity index (χ3v) is 2.31. The summed E-state index contributed by atoms with van der Waals surface area (Å²) >= 11 is 0. The van der Waals surface area contributed by atoms with Crippen LogP contribution in [-0.4, -0.2) is 15.1 Å². The van der Waals surface area contributed by atoms with Crippen LogP contribution in [0.15, 0.2) is 36.9 Å². The highest BCUT2D eigenvalue weighted by Crippen LogP contribution is 2.20. The van der Waals surface area contributed by atoms with E-state index in [1.54, 1.807) is 24.5 Å². The van der Waals surface area contributed by atoms with Gasteiger partial charge in [-0.2, -0.15) is 0 Å². The second kappa shape index (κ2) is 4.61. The monoisotopic (exact) mass is 215 g/mol. The van der Waals surface area contributed by atoms with Gasteiger partial charge in [0.25, 0.3) is 0 Å². The molecule has 0 aliphatic heterocycles. The fraction of sp³-hybridized carbons (Fsp3) is 0.167. The van der Waals surface area contributed by atoms with E-state index in [1.165, 1.54) is 6.33 Å². The van der Waals surface area contributed by atoms with Gasteiger partial charge in [0.1, 0.15) is 12.1 Å². The normalized spacial score (nSPS) is 10.1. The van der Waals surface area contributed by atoms with Crippen molar-refractivity contribution in [1.29, 1.82) is 0 Å². The van der Waals surface area contributed by atoms with E-state index in [4.69, 9.17) is 0 Å². The fourth-order valence-electron chi connectivity index (χ4n) is 1.46. The Hall–Kier alpha value is -2.10. The summed E-state index contributed by atoms with van der Waals surface area (Å²) in [6, 6.07) is 5.25. The molecule has 16 heavy (non-hydrogen) atoms. The van der Waals surface area contributed by atoms with Gasteiger partial charge in [-0.3, -0.25) is 0 Å². The van der Waals surface area contributed by atoms with Crippen LogP contribution in [0.1, 0.15) is 11.1 Å². The molecular formula is C12H13N3O. The Morgan fingerprint density at radius 1 is 1.25 bits per heavy atom. The number of aromatic hydroxyl groups is 1. The van der Waals surface area contributed by atoms with Crippen molar-refractivity contribution in [3.8, 4) is 5.75 Å². The molecule has 0 fully saturated rings. The molecule has 1 aromatic carbocycles. The van der Waals surface area contributed by atoms with E-state index in [2.05, 4.69) is 15.3 Å². The molecule has 2 rings (SSSR count). The van der Waals surface area contributed by atoms with E-state index in [9.17, 15) is 5.11 Å². The Balaban J connectivity index is 2.05. The maximum atomic E-state index is 9.27. The maximum Gasteiger partial charge on any atom is 0.115 e. The second-order valence-corrected chi connectivity index (χ2v) is 3.60. The van der Waals surface area contributed by atoms with Gasteiger partial charge in [-0.1, -0.05) is 0 Å². The number of phenols is 1. The summed E-state index contributed by atoms with van der Waals surface area (Å²) in [6.07, 6.45) is 5.06. The summed E-state index contributed by atoms with van der Waals surface area (Å²) in [4.78, 5) is 7.88. The number of benzene rings is 1. The van der Waals surface area contributed by atoms with Crippen molar-refractivity contribution in [3.63, 3.8) is 0 Å². The molecule has 4 heteroatoms. The summed E-state index contributed by atoms with van der Waals surface area (Å²) in [5.74, 6) is 0.283. The molecule has 1 heterocycles. The number of aromatic nitrogens is 2. The molecule has 0 bridgehead atoms. The molecule has 0 unspecified atom stereocenters. The highest BCUT2D eigenvalue weighted by molar-refractivity contribution is 5.53. The van der Waals surface area contributed by atoms with Crippen molar-refractivity contribution < 1.29 is 5.11 Å². The van der Waals surface area contributed by atoms with E-state index in [-0.39, 0.29) is 5.75 Å². The van der Waals surface area contributed by atoms with Crippen LogP contribution < -0.4 is 5.32 Å². The first-order valence-electron chi connectivity index (χ1n) is 5.03. The van der Waals surface area contributed by atoms with Gasteiger partial charge in [-0.05, 0) is 30.7 Å². The van der Waals surface area contributed by atoms with Crippen LogP contribution in [0.5, 0.6) is 5.75 Å². The molecule has 0 saturated carbocycles. The maximum absolute atomic E-state index is 9.27. The van der Waals surface area contributed by atoms with E-state index >= 15 is 0 Å². The molecule has 2 N–H and O–H groups in total. The molecule has 1 aromatic heterocycles. The molecule has 0 aliphatic rings. The molecule has 0 spiro atoms. The van der Waals surface area contributed by atoms with Gasteiger partial charge >= 0.3 is 0 Å². The first-order chi connectivity index (χ1) is 7.75. The smallest absolute Gasteiger partial charge is 0.115 e. The third-order valence-electron chi connectivity index (χ3n) is 2.31. The number of hydrogen-bond acceptors (Lipinski definition) is 4. The topological polar surface area (TPSA) is 58.0 Å². The van der Waals surface area contributed by atoms with Crippen molar-refractivity contribution >= 4 is 5.69 Å². The van der Waals surface area contributed by atoms with Crippen molar-refractivity contribution in [1.82, 2.24) is 9.97 Å². The van der Waals surface area contributed by atoms with E-state index in [1.807, 2.05) is 13.0 Å². The predicted octanol–water partition coefficient (Wildman–Crippen LogP) is 2.10. The molecule has 0 aliphatic carbocycles. The Bertz CT molecular complexity index is 471. The van der Waals surface area contributed by atoms with Gasteiger partial charge in [0.05, 0.1) is 0 Å². The molecule has 0 amide bonds. The highest BCUT2D eigenvalue weighted by Gasteiger charge is 1.99. The first-order valence-corrected chi connectivity index (χ1v) is 5.03. The summed E-state index contributed by atoms with van der Waals surface area (Å²) < 4.78 is 0. The van der Waals surface area contributed by atoms with Crippen LogP contribution >= 0.6 is 0 Å². The Kier molecular flexibility index (Phi) is 3.00. The van der Waals surface area contributed by atoms with Crippen LogP contribution in [0.3, 0.4) is 0 Å². The lowest BCUT2D eigenvalue weighted by Gasteiger charge is -2.09. The highest BCUT2D eigenvalue weighted by atomic mass is 16.3. The fourth-order valence-corrected chi connectivity index (χ4v) is 1.46. The van der Waals surface area contributed by atoms with Crippen LogP contribution in [0.2, 0.25) is 0 Å². The SMILES string of the molecule is Cc1cc(O)ccc1NCc1cncnc1. The number of anilines is 1. The summed E-state index contributed by atoms with van der Waals surface area (Å²) in [6.45, 7) is 2.62. The van der Waals surface area contributed by atoms with Gasteiger partial charge in [0.15, 0.2) is 0 Å². The molecule has 2 aromatic rings. The minimum absolute atomic E-state index is 0.283. The number of aryl methyl sites for hydroxylation is 1. The Morgan fingerprint density at radius 2 is 2.00 bits per heavy atom. The van der Waals surface area contributed by atoms with E-state index in [0.29, 0.717) is 6.54 Å². The van der Waals surface area contributed by atoms with Gasteiger partial charge in [0, 0.05) is 30.2 Å². The van der Waals surface area contributed by atoms with Crippen molar-refractivity contribution in [2.75, 3.05) is 5.32 Å². The van der Waals surface area contributed by atoms with Gasteiger partial charge < -0.3 is 10.4 Å². The van der Waals surface area contributed by atoms with Gasteiger partial charge in [-0.25, -0.2) is 9.97 Å². The molecule has 0 atom stereocenters. The summed E-state index contributed by atoms with van der Waals surface area (Å²) in [5.41, 5.74) is 3.04. The Labute approximate surface area is 94.0 Å². The number of hydrogen-bond donors (Lipinski definition) is 2. The molecule has 82 valence electrons.